The molecule has 0 amide bonds. The molecule has 0 atom stereocenters. The summed E-state index contributed by atoms with van der Waals surface area (Å²) in [5, 5.41) is 8.63. The summed E-state index contributed by atoms with van der Waals surface area (Å²) >= 11 is 0. The van der Waals surface area contributed by atoms with Crippen molar-refractivity contribution in [3.8, 4) is 39.9 Å². The van der Waals surface area contributed by atoms with E-state index < -0.39 is 8.07 Å². The van der Waals surface area contributed by atoms with Crippen molar-refractivity contribution in [3.05, 3.63) is 188 Å². The number of hydrogen-bond acceptors (Lipinski definition) is 4. The second-order valence-electron chi connectivity index (χ2n) is 13.8. The van der Waals surface area contributed by atoms with Gasteiger partial charge in [-0.3, -0.25) is 9.55 Å². The number of hydrogen-bond donors (Lipinski definition) is 0. The maximum absolute atomic E-state index is 5.47. The van der Waals surface area contributed by atoms with Gasteiger partial charge in [0.15, 0.2) is 19.7 Å². The van der Waals surface area contributed by atoms with Crippen LogP contribution in [0.25, 0.3) is 72.6 Å². The summed E-state index contributed by atoms with van der Waals surface area (Å²) in [4.78, 5) is 21.0. The zero-order chi connectivity index (χ0) is 35.6. The summed E-state index contributed by atoms with van der Waals surface area (Å²) in [6, 6.07) is 64.7. The predicted molar refractivity (Wildman–Crippen MR) is 223 cm³/mol. The van der Waals surface area contributed by atoms with E-state index in [0.29, 0.717) is 17.6 Å². The van der Waals surface area contributed by atoms with Crippen LogP contribution in [0.1, 0.15) is 0 Å². The smallest absolute Gasteiger partial charge is 0.238 e. The molecule has 0 bridgehead atoms. The molecule has 0 N–H and O–H groups in total. The molecule has 5 nitrogen and oxygen atoms in total. The van der Waals surface area contributed by atoms with Crippen LogP contribution in [-0.4, -0.2) is 32.6 Å². The number of fused-ring (bicyclic) bond motifs is 9. The molecule has 1 aliphatic heterocycles. The Kier molecular flexibility index (Phi) is 6.81. The van der Waals surface area contributed by atoms with Gasteiger partial charge in [0.1, 0.15) is 0 Å². The summed E-state index contributed by atoms with van der Waals surface area (Å²) < 4.78 is 2.23. The van der Waals surface area contributed by atoms with Crippen LogP contribution < -0.4 is 20.7 Å². The van der Waals surface area contributed by atoms with E-state index in [2.05, 4.69) is 156 Å². The van der Waals surface area contributed by atoms with Gasteiger partial charge in [0.2, 0.25) is 5.95 Å². The van der Waals surface area contributed by atoms with Crippen molar-refractivity contribution in [2.75, 3.05) is 0 Å². The molecule has 54 heavy (non-hydrogen) atoms. The highest BCUT2D eigenvalue weighted by Crippen LogP contribution is 2.38. The standard InChI is InChI=1S/C48H31N5Si/c1-5-17-32(18-6-1)46-50-47(33-19-7-2-8-20-33)52-48(51-46)53-41-27-15-13-25-36(41)40-31-49-43-39(44(40)53)30-29-38-37-26-14-16-28-42(37)54(45(38)43,34-21-9-3-10-22-34)35-23-11-4-12-24-35/h1-31H. The number of rotatable bonds is 5. The fourth-order valence-electron chi connectivity index (χ4n) is 8.74. The lowest BCUT2D eigenvalue weighted by molar-refractivity contribution is 0.955. The third-order valence-electron chi connectivity index (χ3n) is 11.0. The maximum atomic E-state index is 5.47. The first-order chi connectivity index (χ1) is 26.8. The lowest BCUT2D eigenvalue weighted by Gasteiger charge is -2.31. The van der Waals surface area contributed by atoms with Gasteiger partial charge < -0.3 is 0 Å². The highest BCUT2D eigenvalue weighted by Gasteiger charge is 2.50. The highest BCUT2D eigenvalue weighted by molar-refractivity contribution is 7.23. The number of para-hydroxylation sites is 1. The van der Waals surface area contributed by atoms with Gasteiger partial charge in [0.25, 0.3) is 0 Å². The van der Waals surface area contributed by atoms with Gasteiger partial charge in [-0.25, -0.2) is 4.98 Å². The Morgan fingerprint density at radius 3 is 1.63 bits per heavy atom. The topological polar surface area (TPSA) is 56.5 Å². The van der Waals surface area contributed by atoms with Crippen LogP contribution in [-0.2, 0) is 0 Å². The second kappa shape index (κ2) is 12.0. The van der Waals surface area contributed by atoms with Crippen LogP contribution in [0.3, 0.4) is 0 Å². The van der Waals surface area contributed by atoms with Crippen molar-refractivity contribution in [2.24, 2.45) is 0 Å². The lowest BCUT2D eigenvalue weighted by Crippen LogP contribution is -2.73. The van der Waals surface area contributed by atoms with Crippen LogP contribution in [0, 0.1) is 0 Å². The number of benzene rings is 7. The van der Waals surface area contributed by atoms with Crippen LogP contribution in [0.5, 0.6) is 0 Å². The minimum absolute atomic E-state index is 0.569. The van der Waals surface area contributed by atoms with E-state index in [9.17, 15) is 0 Å². The van der Waals surface area contributed by atoms with E-state index in [1.807, 2.05) is 36.4 Å². The Labute approximate surface area is 312 Å². The van der Waals surface area contributed by atoms with Gasteiger partial charge in [-0.15, -0.1) is 0 Å². The summed E-state index contributed by atoms with van der Waals surface area (Å²) in [6.07, 6.45) is 2.08. The van der Waals surface area contributed by atoms with Gasteiger partial charge in [0.05, 0.1) is 16.6 Å². The second-order valence-corrected chi connectivity index (χ2v) is 17.5. The fraction of sp³-hybridized carbons (Fsp3) is 0. The van der Waals surface area contributed by atoms with Gasteiger partial charge in [-0.2, -0.15) is 9.97 Å². The average Bonchev–Trinajstić information content (AvgIpc) is 3.76. The first-order valence-electron chi connectivity index (χ1n) is 18.2. The number of pyridine rings is 1. The van der Waals surface area contributed by atoms with Crippen molar-refractivity contribution in [3.63, 3.8) is 0 Å². The van der Waals surface area contributed by atoms with Crippen molar-refractivity contribution in [2.45, 2.75) is 0 Å². The summed E-state index contributed by atoms with van der Waals surface area (Å²) in [5.41, 5.74) is 7.47. The van der Waals surface area contributed by atoms with E-state index in [4.69, 9.17) is 19.9 Å². The first-order valence-corrected chi connectivity index (χ1v) is 20.2. The van der Waals surface area contributed by atoms with Crippen LogP contribution in [0.4, 0.5) is 0 Å². The van der Waals surface area contributed by atoms with Crippen LogP contribution >= 0.6 is 0 Å². The Morgan fingerprint density at radius 2 is 0.981 bits per heavy atom. The molecule has 11 rings (SSSR count). The molecule has 10 aromatic rings. The van der Waals surface area contributed by atoms with Crippen molar-refractivity contribution in [1.82, 2.24) is 24.5 Å². The molecule has 4 heterocycles. The molecule has 0 unspecified atom stereocenters. The fourth-order valence-corrected chi connectivity index (χ4v) is 14.1. The molecular formula is C48H31N5Si. The molecule has 0 spiro atoms. The van der Waals surface area contributed by atoms with Crippen LogP contribution in [0.2, 0.25) is 0 Å². The molecule has 252 valence electrons. The normalized spacial score (nSPS) is 13.0. The third-order valence-corrected chi connectivity index (χ3v) is 15.9. The van der Waals surface area contributed by atoms with E-state index in [-0.39, 0.29) is 0 Å². The number of nitrogens with zero attached hydrogens (tertiary/aromatic N) is 5. The van der Waals surface area contributed by atoms with Crippen molar-refractivity contribution >= 4 is 61.5 Å². The molecule has 0 saturated carbocycles. The average molecular weight is 706 g/mol. The van der Waals surface area contributed by atoms with Crippen molar-refractivity contribution in [1.29, 1.82) is 0 Å². The molecule has 7 aromatic carbocycles. The summed E-state index contributed by atoms with van der Waals surface area (Å²) in [6.45, 7) is 0. The van der Waals surface area contributed by atoms with Crippen molar-refractivity contribution < 1.29 is 0 Å². The molecule has 6 heteroatoms. The molecule has 0 radical (unpaired) electrons. The van der Waals surface area contributed by atoms with Gasteiger partial charge in [-0.05, 0) is 37.9 Å². The largest absolute Gasteiger partial charge is 0.277 e. The van der Waals surface area contributed by atoms with E-state index >= 15 is 0 Å². The molecule has 0 aliphatic carbocycles. The minimum atomic E-state index is -2.83. The molecular weight excluding hydrogens is 675 g/mol. The Hall–Kier alpha value is -7.02. The van der Waals surface area contributed by atoms with E-state index in [1.54, 1.807) is 0 Å². The lowest BCUT2D eigenvalue weighted by atomic mass is 10.0. The number of aromatic nitrogens is 5. The zero-order valence-corrected chi connectivity index (χ0v) is 30.1. The summed E-state index contributed by atoms with van der Waals surface area (Å²) in [7, 11) is -2.83. The SMILES string of the molecule is c1ccc(-c2nc(-c3ccccc3)nc(-n3c4ccccc4c4cnc5c6c(ccc5c43)-c3ccccc3[Si]6(c3ccccc3)c3ccccc3)n2)cc1. The zero-order valence-electron chi connectivity index (χ0n) is 29.1. The molecule has 1 aliphatic rings. The van der Waals surface area contributed by atoms with E-state index in [1.165, 1.54) is 31.9 Å². The predicted octanol–water partition coefficient (Wildman–Crippen LogP) is 8.21. The highest BCUT2D eigenvalue weighted by atomic mass is 28.3. The van der Waals surface area contributed by atoms with Gasteiger partial charge >= 0.3 is 0 Å². The van der Waals surface area contributed by atoms with Gasteiger partial charge in [-0.1, -0.05) is 176 Å². The Balaban J connectivity index is 1.29. The Morgan fingerprint density at radius 1 is 0.426 bits per heavy atom. The monoisotopic (exact) mass is 705 g/mol. The third kappa shape index (κ3) is 4.38. The minimum Gasteiger partial charge on any atom is -0.277 e. The first kappa shape index (κ1) is 30.6. The molecule has 0 saturated heterocycles. The Bertz CT molecular complexity index is 2940. The summed E-state index contributed by atoms with van der Waals surface area (Å²) in [5.74, 6) is 1.82. The maximum Gasteiger partial charge on any atom is 0.238 e. The molecule has 3 aromatic heterocycles. The van der Waals surface area contributed by atoms with E-state index in [0.717, 1.165) is 43.8 Å². The van der Waals surface area contributed by atoms with Crippen LogP contribution in [0.15, 0.2) is 188 Å². The quantitative estimate of drug-likeness (QED) is 0.170. The molecule has 0 fully saturated rings. The van der Waals surface area contributed by atoms with Gasteiger partial charge in [0, 0.05) is 33.5 Å².